The van der Waals surface area contributed by atoms with Gasteiger partial charge in [-0.3, -0.25) is 4.90 Å². The van der Waals surface area contributed by atoms with E-state index < -0.39 is 18.3 Å². The van der Waals surface area contributed by atoms with Crippen molar-refractivity contribution in [2.24, 2.45) is 5.73 Å². The molecule has 0 aromatic rings. The molecule has 1 fully saturated rings. The van der Waals surface area contributed by atoms with Gasteiger partial charge in [0.25, 0.3) is 0 Å². The Hall–Kier alpha value is -0.810. The smallest absolute Gasteiger partial charge is 0.404 e. The zero-order valence-electron chi connectivity index (χ0n) is 9.56. The topological polar surface area (TPSA) is 75.8 Å². The lowest BCUT2D eigenvalue weighted by molar-refractivity contribution is -0.0640. The number of hydrogen-bond acceptors (Lipinski definition) is 4. The molecule has 1 heterocycles. The quantitative estimate of drug-likeness (QED) is 0.661. The number of amides is 1. The first-order valence-corrected chi connectivity index (χ1v) is 5.20. The standard InChI is InChI=1S/C10H20N2O3/c1-10(2,3)12-5-4-8(7(13)6-12)15-9(11)14/h7-8,13H,4-6H2,1-3H3,(H2,11,14)/t7-,8+/m1/s1. The highest BCUT2D eigenvalue weighted by molar-refractivity contribution is 5.64. The van der Waals surface area contributed by atoms with Crippen LogP contribution in [0.1, 0.15) is 27.2 Å². The van der Waals surface area contributed by atoms with E-state index in [-0.39, 0.29) is 5.54 Å². The molecule has 0 aromatic carbocycles. The number of aliphatic hydroxyl groups excluding tert-OH is 1. The molecule has 0 radical (unpaired) electrons. The van der Waals surface area contributed by atoms with Crippen LogP contribution in [-0.2, 0) is 4.74 Å². The van der Waals surface area contributed by atoms with Crippen LogP contribution in [0.5, 0.6) is 0 Å². The molecule has 0 aromatic heterocycles. The Morgan fingerprint density at radius 2 is 2.13 bits per heavy atom. The summed E-state index contributed by atoms with van der Waals surface area (Å²) in [6, 6.07) is 0. The highest BCUT2D eigenvalue weighted by atomic mass is 16.6. The number of carbonyl (C=O) groups excluding carboxylic acids is 1. The van der Waals surface area contributed by atoms with Gasteiger partial charge in [-0.05, 0) is 27.2 Å². The van der Waals surface area contributed by atoms with E-state index in [4.69, 9.17) is 10.5 Å². The molecule has 88 valence electrons. The SMILES string of the molecule is CC(C)(C)N1CC[C@H](OC(N)=O)[C@H](O)C1. The minimum absolute atomic E-state index is 0.0265. The van der Waals surface area contributed by atoms with Crippen molar-refractivity contribution in [2.45, 2.75) is 44.9 Å². The molecule has 5 heteroatoms. The number of rotatable bonds is 1. The minimum Gasteiger partial charge on any atom is -0.444 e. The summed E-state index contributed by atoms with van der Waals surface area (Å²) in [6.45, 7) is 7.60. The average Bonchev–Trinajstić information content (AvgIpc) is 2.05. The molecule has 1 aliphatic heterocycles. The first kappa shape index (κ1) is 12.3. The summed E-state index contributed by atoms with van der Waals surface area (Å²) in [5.41, 5.74) is 4.95. The van der Waals surface area contributed by atoms with Crippen LogP contribution in [0.3, 0.4) is 0 Å². The van der Waals surface area contributed by atoms with E-state index in [1.165, 1.54) is 0 Å². The normalized spacial score (nSPS) is 28.8. The second kappa shape index (κ2) is 4.37. The van der Waals surface area contributed by atoms with Crippen LogP contribution in [-0.4, -0.2) is 46.9 Å². The Kier molecular flexibility index (Phi) is 3.57. The molecule has 0 spiro atoms. The van der Waals surface area contributed by atoms with Gasteiger partial charge in [0, 0.05) is 18.6 Å². The van der Waals surface area contributed by atoms with E-state index in [0.717, 1.165) is 6.54 Å². The maximum atomic E-state index is 10.6. The number of hydrogen-bond donors (Lipinski definition) is 2. The summed E-state index contributed by atoms with van der Waals surface area (Å²) < 4.78 is 4.83. The van der Waals surface area contributed by atoms with Crippen molar-refractivity contribution in [2.75, 3.05) is 13.1 Å². The lowest BCUT2D eigenvalue weighted by Gasteiger charge is -2.42. The Labute approximate surface area is 90.2 Å². The molecule has 0 unspecified atom stereocenters. The number of β-amino-alcohol motifs (C(OH)–C–C–N with tert-alkyl or cyclic N) is 1. The van der Waals surface area contributed by atoms with E-state index in [9.17, 15) is 9.90 Å². The molecule has 1 saturated heterocycles. The fourth-order valence-electron chi connectivity index (χ4n) is 1.81. The molecule has 0 aliphatic carbocycles. The number of carbonyl (C=O) groups is 1. The van der Waals surface area contributed by atoms with Crippen LogP contribution in [0.2, 0.25) is 0 Å². The van der Waals surface area contributed by atoms with Gasteiger partial charge in [0.1, 0.15) is 12.2 Å². The van der Waals surface area contributed by atoms with Gasteiger partial charge in [-0.1, -0.05) is 0 Å². The summed E-state index contributed by atoms with van der Waals surface area (Å²) in [4.78, 5) is 12.7. The summed E-state index contributed by atoms with van der Waals surface area (Å²) in [5.74, 6) is 0. The monoisotopic (exact) mass is 216 g/mol. The number of primary amides is 1. The third-order valence-corrected chi connectivity index (χ3v) is 2.74. The van der Waals surface area contributed by atoms with Gasteiger partial charge in [-0.2, -0.15) is 0 Å². The van der Waals surface area contributed by atoms with E-state index in [1.54, 1.807) is 0 Å². The fourth-order valence-corrected chi connectivity index (χ4v) is 1.81. The zero-order chi connectivity index (χ0) is 11.6. The van der Waals surface area contributed by atoms with E-state index >= 15 is 0 Å². The predicted octanol–water partition coefficient (Wildman–Crippen LogP) is 0.315. The van der Waals surface area contributed by atoms with Crippen molar-refractivity contribution in [3.63, 3.8) is 0 Å². The van der Waals surface area contributed by atoms with Gasteiger partial charge in [0.2, 0.25) is 0 Å². The van der Waals surface area contributed by atoms with Crippen LogP contribution in [0, 0.1) is 0 Å². The summed E-state index contributed by atoms with van der Waals surface area (Å²) in [7, 11) is 0. The summed E-state index contributed by atoms with van der Waals surface area (Å²) in [6.07, 6.45) is -1.30. The highest BCUT2D eigenvalue weighted by Gasteiger charge is 2.34. The molecular formula is C10H20N2O3. The Bertz CT molecular complexity index is 237. The largest absolute Gasteiger partial charge is 0.444 e. The highest BCUT2D eigenvalue weighted by Crippen LogP contribution is 2.21. The van der Waals surface area contributed by atoms with Gasteiger partial charge < -0.3 is 15.6 Å². The molecule has 0 bridgehead atoms. The van der Waals surface area contributed by atoms with E-state index in [0.29, 0.717) is 13.0 Å². The van der Waals surface area contributed by atoms with E-state index in [2.05, 4.69) is 25.7 Å². The molecule has 1 rings (SSSR count). The molecular weight excluding hydrogens is 196 g/mol. The Balaban J connectivity index is 2.51. The van der Waals surface area contributed by atoms with Crippen LogP contribution >= 0.6 is 0 Å². The fraction of sp³-hybridized carbons (Fsp3) is 0.900. The van der Waals surface area contributed by atoms with Crippen LogP contribution < -0.4 is 5.73 Å². The molecule has 1 aliphatic rings. The summed E-state index contributed by atoms with van der Waals surface area (Å²) in [5, 5.41) is 9.78. The average molecular weight is 216 g/mol. The van der Waals surface area contributed by atoms with Gasteiger partial charge in [0.15, 0.2) is 0 Å². The molecule has 15 heavy (non-hydrogen) atoms. The molecule has 3 N–H and O–H groups in total. The first-order chi connectivity index (χ1) is 6.80. The number of nitrogens with two attached hydrogens (primary N) is 1. The van der Waals surface area contributed by atoms with E-state index in [1.807, 2.05) is 0 Å². The zero-order valence-corrected chi connectivity index (χ0v) is 9.56. The first-order valence-electron chi connectivity index (χ1n) is 5.20. The predicted molar refractivity (Wildman–Crippen MR) is 56.4 cm³/mol. The number of likely N-dealkylation sites (tertiary alicyclic amines) is 1. The molecule has 2 atom stereocenters. The van der Waals surface area contributed by atoms with Crippen molar-refractivity contribution in [1.82, 2.24) is 4.90 Å². The molecule has 1 amide bonds. The number of piperidine rings is 1. The second-order valence-electron chi connectivity index (χ2n) is 4.95. The second-order valence-corrected chi connectivity index (χ2v) is 4.95. The van der Waals surface area contributed by atoms with Crippen LogP contribution in [0.4, 0.5) is 4.79 Å². The van der Waals surface area contributed by atoms with Gasteiger partial charge in [-0.15, -0.1) is 0 Å². The lowest BCUT2D eigenvalue weighted by atomic mass is 9.98. The maximum Gasteiger partial charge on any atom is 0.404 e. The lowest BCUT2D eigenvalue weighted by Crippen LogP contribution is -2.54. The summed E-state index contributed by atoms with van der Waals surface area (Å²) >= 11 is 0. The van der Waals surface area contributed by atoms with Gasteiger partial charge in [0.05, 0.1) is 0 Å². The van der Waals surface area contributed by atoms with Crippen LogP contribution in [0.15, 0.2) is 0 Å². The molecule has 0 saturated carbocycles. The number of aliphatic hydroxyl groups is 1. The van der Waals surface area contributed by atoms with Crippen molar-refractivity contribution in [3.05, 3.63) is 0 Å². The van der Waals surface area contributed by atoms with Crippen molar-refractivity contribution >= 4 is 6.09 Å². The van der Waals surface area contributed by atoms with Gasteiger partial charge in [-0.25, -0.2) is 4.79 Å². The number of ether oxygens (including phenoxy) is 1. The van der Waals surface area contributed by atoms with Crippen molar-refractivity contribution in [3.8, 4) is 0 Å². The van der Waals surface area contributed by atoms with Crippen LogP contribution in [0.25, 0.3) is 0 Å². The minimum atomic E-state index is -0.816. The third-order valence-electron chi connectivity index (χ3n) is 2.74. The van der Waals surface area contributed by atoms with Gasteiger partial charge >= 0.3 is 6.09 Å². The third kappa shape index (κ3) is 3.35. The Morgan fingerprint density at radius 1 is 1.53 bits per heavy atom. The van der Waals surface area contributed by atoms with Crippen molar-refractivity contribution in [1.29, 1.82) is 0 Å². The van der Waals surface area contributed by atoms with Crippen molar-refractivity contribution < 1.29 is 14.6 Å². The molecule has 5 nitrogen and oxygen atoms in total. The maximum absolute atomic E-state index is 10.6. The number of nitrogens with zero attached hydrogens (tertiary/aromatic N) is 1. The Morgan fingerprint density at radius 3 is 2.53 bits per heavy atom.